The largest absolute Gasteiger partial charge is 0.481 e. The van der Waals surface area contributed by atoms with Gasteiger partial charge in [0.2, 0.25) is 0 Å². The number of carboxylic acid groups (broad SMARTS) is 1. The van der Waals surface area contributed by atoms with Crippen LogP contribution in [-0.4, -0.2) is 41.1 Å². The summed E-state index contributed by atoms with van der Waals surface area (Å²) in [6.45, 7) is 5.22. The minimum atomic E-state index is -0.770. The van der Waals surface area contributed by atoms with Crippen LogP contribution in [0.2, 0.25) is 0 Å². The normalized spacial score (nSPS) is 29.5. The zero-order chi connectivity index (χ0) is 14.0. The molecule has 0 radical (unpaired) electrons. The van der Waals surface area contributed by atoms with Gasteiger partial charge in [0.05, 0.1) is 5.41 Å². The standard InChI is InChI=1S/C14H24N2O3/c1-10-7-11(2)16(8-10)13(19)15-9-14(12(17)18)5-3-4-6-14/h10-11H,3-9H2,1-2H3,(H,15,19)(H,17,18). The highest BCUT2D eigenvalue weighted by atomic mass is 16.4. The van der Waals surface area contributed by atoms with Crippen molar-refractivity contribution < 1.29 is 14.7 Å². The highest BCUT2D eigenvalue weighted by Gasteiger charge is 2.42. The second-order valence-electron chi connectivity index (χ2n) is 6.29. The number of hydrogen-bond donors (Lipinski definition) is 2. The number of nitrogens with zero attached hydrogens (tertiary/aromatic N) is 1. The number of likely N-dealkylation sites (tertiary alicyclic amines) is 1. The number of hydrogen-bond acceptors (Lipinski definition) is 2. The van der Waals surface area contributed by atoms with E-state index in [9.17, 15) is 14.7 Å². The fraction of sp³-hybridized carbons (Fsp3) is 0.857. The molecule has 0 aromatic carbocycles. The van der Waals surface area contributed by atoms with Gasteiger partial charge < -0.3 is 15.3 Å². The third kappa shape index (κ3) is 2.85. The number of urea groups is 1. The highest BCUT2D eigenvalue weighted by Crippen LogP contribution is 2.37. The lowest BCUT2D eigenvalue weighted by Gasteiger charge is -2.27. The van der Waals surface area contributed by atoms with Gasteiger partial charge in [0.1, 0.15) is 0 Å². The van der Waals surface area contributed by atoms with E-state index in [4.69, 9.17) is 0 Å². The van der Waals surface area contributed by atoms with Crippen LogP contribution in [0, 0.1) is 11.3 Å². The zero-order valence-electron chi connectivity index (χ0n) is 11.8. The Morgan fingerprint density at radius 2 is 1.95 bits per heavy atom. The fourth-order valence-corrected chi connectivity index (χ4v) is 3.45. The summed E-state index contributed by atoms with van der Waals surface area (Å²) in [7, 11) is 0. The van der Waals surface area contributed by atoms with Crippen LogP contribution in [0.1, 0.15) is 46.0 Å². The summed E-state index contributed by atoms with van der Waals surface area (Å²) in [6.07, 6.45) is 4.26. The van der Waals surface area contributed by atoms with Crippen molar-refractivity contribution in [2.45, 2.75) is 52.0 Å². The van der Waals surface area contributed by atoms with Gasteiger partial charge in [0, 0.05) is 19.1 Å². The van der Waals surface area contributed by atoms with Crippen molar-refractivity contribution in [1.29, 1.82) is 0 Å². The lowest BCUT2D eigenvalue weighted by Crippen LogP contribution is -2.47. The first-order valence-corrected chi connectivity index (χ1v) is 7.22. The molecule has 1 saturated carbocycles. The summed E-state index contributed by atoms with van der Waals surface area (Å²) >= 11 is 0. The molecule has 1 aliphatic heterocycles. The van der Waals surface area contributed by atoms with Crippen LogP contribution in [0.15, 0.2) is 0 Å². The summed E-state index contributed by atoms with van der Waals surface area (Å²) in [5, 5.41) is 12.2. The Morgan fingerprint density at radius 3 is 2.42 bits per heavy atom. The number of carbonyl (C=O) groups excluding carboxylic acids is 1. The van der Waals surface area contributed by atoms with E-state index < -0.39 is 11.4 Å². The van der Waals surface area contributed by atoms with Crippen LogP contribution >= 0.6 is 0 Å². The van der Waals surface area contributed by atoms with Crippen molar-refractivity contribution in [3.8, 4) is 0 Å². The third-order valence-electron chi connectivity index (χ3n) is 4.64. The minimum Gasteiger partial charge on any atom is -0.481 e. The molecule has 2 amide bonds. The molecule has 2 atom stereocenters. The fourth-order valence-electron chi connectivity index (χ4n) is 3.45. The molecular weight excluding hydrogens is 244 g/mol. The lowest BCUT2D eigenvalue weighted by molar-refractivity contribution is -0.148. The Labute approximate surface area is 114 Å². The van der Waals surface area contributed by atoms with Crippen molar-refractivity contribution in [3.05, 3.63) is 0 Å². The molecule has 1 saturated heterocycles. The number of carbonyl (C=O) groups is 2. The van der Waals surface area contributed by atoms with Gasteiger partial charge in [-0.1, -0.05) is 19.8 Å². The molecule has 1 aliphatic carbocycles. The maximum Gasteiger partial charge on any atom is 0.317 e. The molecule has 0 aromatic rings. The van der Waals surface area contributed by atoms with E-state index in [-0.39, 0.29) is 18.6 Å². The van der Waals surface area contributed by atoms with Crippen LogP contribution in [0.5, 0.6) is 0 Å². The molecule has 0 bridgehead atoms. The number of rotatable bonds is 3. The van der Waals surface area contributed by atoms with E-state index >= 15 is 0 Å². The van der Waals surface area contributed by atoms with Crippen molar-refractivity contribution in [3.63, 3.8) is 0 Å². The maximum atomic E-state index is 12.1. The molecule has 0 aromatic heterocycles. The summed E-state index contributed by atoms with van der Waals surface area (Å²) < 4.78 is 0. The van der Waals surface area contributed by atoms with Gasteiger partial charge in [-0.25, -0.2) is 4.79 Å². The van der Waals surface area contributed by atoms with Gasteiger partial charge in [0.25, 0.3) is 0 Å². The van der Waals surface area contributed by atoms with Crippen molar-refractivity contribution in [2.75, 3.05) is 13.1 Å². The molecule has 108 valence electrons. The van der Waals surface area contributed by atoms with Gasteiger partial charge in [-0.05, 0) is 32.1 Å². The van der Waals surface area contributed by atoms with Crippen LogP contribution in [-0.2, 0) is 4.79 Å². The first-order valence-electron chi connectivity index (χ1n) is 7.22. The molecule has 5 nitrogen and oxygen atoms in total. The Bertz CT molecular complexity index is 364. The molecule has 1 heterocycles. The number of aliphatic carboxylic acids is 1. The van der Waals surface area contributed by atoms with E-state index in [0.717, 1.165) is 25.8 Å². The number of carboxylic acids is 1. The van der Waals surface area contributed by atoms with Gasteiger partial charge in [-0.15, -0.1) is 0 Å². The lowest BCUT2D eigenvalue weighted by atomic mass is 9.86. The minimum absolute atomic E-state index is 0.107. The third-order valence-corrected chi connectivity index (χ3v) is 4.64. The van der Waals surface area contributed by atoms with Crippen molar-refractivity contribution in [1.82, 2.24) is 10.2 Å². The van der Waals surface area contributed by atoms with E-state index in [2.05, 4.69) is 12.2 Å². The Hall–Kier alpha value is -1.26. The molecule has 2 fully saturated rings. The average molecular weight is 268 g/mol. The van der Waals surface area contributed by atoms with Crippen molar-refractivity contribution in [2.24, 2.45) is 11.3 Å². The van der Waals surface area contributed by atoms with E-state index in [1.807, 2.05) is 11.8 Å². The molecule has 2 aliphatic rings. The average Bonchev–Trinajstić information content (AvgIpc) is 2.94. The SMILES string of the molecule is CC1CC(C)N(C(=O)NCC2(C(=O)O)CCCC2)C1. The van der Waals surface area contributed by atoms with Gasteiger partial charge in [0.15, 0.2) is 0 Å². The topological polar surface area (TPSA) is 69.6 Å². The van der Waals surface area contributed by atoms with Gasteiger partial charge >= 0.3 is 12.0 Å². The summed E-state index contributed by atoms with van der Waals surface area (Å²) in [5.74, 6) is -0.242. The van der Waals surface area contributed by atoms with E-state index in [1.54, 1.807) is 0 Å². The summed E-state index contributed by atoms with van der Waals surface area (Å²) in [6, 6.07) is 0.142. The van der Waals surface area contributed by atoms with E-state index in [0.29, 0.717) is 18.8 Å². The molecule has 5 heteroatoms. The molecular formula is C14H24N2O3. The van der Waals surface area contributed by atoms with Gasteiger partial charge in [-0.3, -0.25) is 4.79 Å². The van der Waals surface area contributed by atoms with Crippen LogP contribution < -0.4 is 5.32 Å². The summed E-state index contributed by atoms with van der Waals surface area (Å²) in [4.78, 5) is 25.4. The smallest absolute Gasteiger partial charge is 0.317 e. The zero-order valence-corrected chi connectivity index (χ0v) is 11.8. The van der Waals surface area contributed by atoms with Crippen LogP contribution in [0.25, 0.3) is 0 Å². The van der Waals surface area contributed by atoms with Crippen LogP contribution in [0.3, 0.4) is 0 Å². The Balaban J connectivity index is 1.91. The molecule has 2 rings (SSSR count). The monoisotopic (exact) mass is 268 g/mol. The Kier molecular flexibility index (Phi) is 4.02. The molecule has 19 heavy (non-hydrogen) atoms. The summed E-state index contributed by atoms with van der Waals surface area (Å²) in [5.41, 5.74) is -0.732. The second-order valence-corrected chi connectivity index (χ2v) is 6.29. The first kappa shape index (κ1) is 14.2. The maximum absolute atomic E-state index is 12.1. The molecule has 0 spiro atoms. The van der Waals surface area contributed by atoms with E-state index in [1.165, 1.54) is 0 Å². The van der Waals surface area contributed by atoms with Crippen LogP contribution in [0.4, 0.5) is 4.79 Å². The second kappa shape index (κ2) is 5.39. The Morgan fingerprint density at radius 1 is 1.32 bits per heavy atom. The van der Waals surface area contributed by atoms with Crippen molar-refractivity contribution >= 4 is 12.0 Å². The molecule has 2 unspecified atom stereocenters. The highest BCUT2D eigenvalue weighted by molar-refractivity contribution is 5.78. The number of nitrogens with one attached hydrogen (secondary N) is 1. The molecule has 2 N–H and O–H groups in total. The predicted molar refractivity (Wildman–Crippen MR) is 71.9 cm³/mol. The predicted octanol–water partition coefficient (Wildman–Crippen LogP) is 2.07. The quantitative estimate of drug-likeness (QED) is 0.823. The number of amides is 2. The van der Waals surface area contributed by atoms with Gasteiger partial charge in [-0.2, -0.15) is 0 Å². The first-order chi connectivity index (χ1) is 8.94.